The number of nitrogens with two attached hydrogens (primary N) is 1. The van der Waals surface area contributed by atoms with E-state index in [1.54, 1.807) is 24.3 Å². The largest absolute Gasteiger partial charge is 0.322 e. The molecule has 18 heavy (non-hydrogen) atoms. The summed E-state index contributed by atoms with van der Waals surface area (Å²) in [6.07, 6.45) is 0. The molecule has 1 aromatic carbocycles. The number of nitrogens with one attached hydrogen (secondary N) is 1. The van der Waals surface area contributed by atoms with Crippen LogP contribution in [0, 0.1) is 0 Å². The van der Waals surface area contributed by atoms with Gasteiger partial charge < -0.3 is 5.32 Å². The van der Waals surface area contributed by atoms with Gasteiger partial charge in [0.05, 0.1) is 5.56 Å². The second-order valence-corrected chi connectivity index (χ2v) is 6.22. The fourth-order valence-corrected chi connectivity index (χ4v) is 2.89. The van der Waals surface area contributed by atoms with Crippen molar-refractivity contribution < 1.29 is 13.2 Å². The van der Waals surface area contributed by atoms with Crippen LogP contribution in [-0.2, 0) is 10.0 Å². The standard InChI is InChI=1S/C11H10N2O3S2/c12-18(15,16)10-6-8(7-17-10)11(14)13-9-4-2-1-3-5-9/h1-7H,(H,13,14)(H2,12,15,16). The van der Waals surface area contributed by atoms with Crippen LogP contribution < -0.4 is 10.5 Å². The molecule has 0 bridgehead atoms. The number of carbonyl (C=O) groups is 1. The van der Waals surface area contributed by atoms with Crippen LogP contribution in [0.1, 0.15) is 10.4 Å². The van der Waals surface area contributed by atoms with Gasteiger partial charge >= 0.3 is 0 Å². The van der Waals surface area contributed by atoms with E-state index in [0.29, 0.717) is 5.69 Å². The maximum Gasteiger partial charge on any atom is 0.256 e. The molecule has 1 aromatic heterocycles. The molecule has 0 aliphatic rings. The smallest absolute Gasteiger partial charge is 0.256 e. The average molecular weight is 282 g/mol. The molecule has 1 amide bonds. The second-order valence-electron chi connectivity index (χ2n) is 3.52. The lowest BCUT2D eigenvalue weighted by Crippen LogP contribution is -2.12. The molecule has 3 N–H and O–H groups in total. The normalized spacial score (nSPS) is 11.2. The predicted molar refractivity (Wildman–Crippen MR) is 70.1 cm³/mol. The lowest BCUT2D eigenvalue weighted by molar-refractivity contribution is 0.102. The van der Waals surface area contributed by atoms with Crippen LogP contribution in [0.3, 0.4) is 0 Å². The molecule has 0 aliphatic carbocycles. The first-order valence-electron chi connectivity index (χ1n) is 4.94. The average Bonchev–Trinajstić information content (AvgIpc) is 2.79. The Labute approximate surface area is 108 Å². The third-order valence-corrected chi connectivity index (χ3v) is 4.54. The molecule has 7 heteroatoms. The van der Waals surface area contributed by atoms with Gasteiger partial charge in [0.1, 0.15) is 4.21 Å². The molecule has 0 saturated carbocycles. The number of sulfonamides is 1. The van der Waals surface area contributed by atoms with Crippen LogP contribution in [0.5, 0.6) is 0 Å². The minimum Gasteiger partial charge on any atom is -0.322 e. The summed E-state index contributed by atoms with van der Waals surface area (Å²) in [6, 6.07) is 10.2. The fraction of sp³-hybridized carbons (Fsp3) is 0. The van der Waals surface area contributed by atoms with Crippen LogP contribution in [0.15, 0.2) is 46.0 Å². The highest BCUT2D eigenvalue weighted by Gasteiger charge is 2.15. The first kappa shape index (κ1) is 12.7. The van der Waals surface area contributed by atoms with Crippen LogP contribution in [0.2, 0.25) is 0 Å². The van der Waals surface area contributed by atoms with Gasteiger partial charge in [-0.3, -0.25) is 4.79 Å². The predicted octanol–water partition coefficient (Wildman–Crippen LogP) is 1.65. The van der Waals surface area contributed by atoms with Gasteiger partial charge in [-0.15, -0.1) is 11.3 Å². The molecular weight excluding hydrogens is 272 g/mol. The van der Waals surface area contributed by atoms with Crippen molar-refractivity contribution in [3.63, 3.8) is 0 Å². The minimum absolute atomic E-state index is 0.0271. The number of para-hydroxylation sites is 1. The molecule has 1 heterocycles. The number of primary sulfonamides is 1. The first-order chi connectivity index (χ1) is 8.47. The summed E-state index contributed by atoms with van der Waals surface area (Å²) >= 11 is 0.922. The maximum atomic E-state index is 11.8. The number of anilines is 1. The number of amides is 1. The lowest BCUT2D eigenvalue weighted by Gasteiger charge is -2.02. The summed E-state index contributed by atoms with van der Waals surface area (Å²) in [5.41, 5.74) is 0.915. The Bertz CT molecular complexity index is 663. The van der Waals surface area contributed by atoms with Crippen LogP contribution in [0.25, 0.3) is 0 Å². The summed E-state index contributed by atoms with van der Waals surface area (Å²) in [7, 11) is -3.75. The van der Waals surface area contributed by atoms with Gasteiger partial charge in [0, 0.05) is 11.1 Å². The molecule has 0 atom stereocenters. The van der Waals surface area contributed by atoms with E-state index in [-0.39, 0.29) is 15.7 Å². The van der Waals surface area contributed by atoms with Crippen molar-refractivity contribution in [1.82, 2.24) is 0 Å². The summed E-state index contributed by atoms with van der Waals surface area (Å²) in [5, 5.41) is 9.09. The maximum absolute atomic E-state index is 11.8. The monoisotopic (exact) mass is 282 g/mol. The molecule has 2 aromatic rings. The van der Waals surface area contributed by atoms with Crippen molar-refractivity contribution in [2.45, 2.75) is 4.21 Å². The van der Waals surface area contributed by atoms with Crippen LogP contribution in [0.4, 0.5) is 5.69 Å². The molecule has 0 spiro atoms. The number of benzene rings is 1. The zero-order valence-corrected chi connectivity index (χ0v) is 10.8. The third-order valence-electron chi connectivity index (χ3n) is 2.15. The Morgan fingerprint density at radius 3 is 2.44 bits per heavy atom. The molecule has 0 saturated heterocycles. The van der Waals surface area contributed by atoms with E-state index < -0.39 is 10.0 Å². The Morgan fingerprint density at radius 2 is 1.89 bits per heavy atom. The molecule has 94 valence electrons. The van der Waals surface area contributed by atoms with Crippen molar-refractivity contribution in [2.24, 2.45) is 5.14 Å². The van der Waals surface area contributed by atoms with Crippen molar-refractivity contribution in [3.05, 3.63) is 47.3 Å². The SMILES string of the molecule is NS(=O)(=O)c1cc(C(=O)Nc2ccccc2)cs1. The van der Waals surface area contributed by atoms with Crippen LogP contribution >= 0.6 is 11.3 Å². The van der Waals surface area contributed by atoms with Crippen molar-refractivity contribution in [1.29, 1.82) is 0 Å². The summed E-state index contributed by atoms with van der Waals surface area (Å²) in [5.74, 6) is -0.368. The summed E-state index contributed by atoms with van der Waals surface area (Å²) in [6.45, 7) is 0. The van der Waals surface area contributed by atoms with E-state index in [4.69, 9.17) is 5.14 Å². The molecular formula is C11H10N2O3S2. The number of rotatable bonds is 3. The summed E-state index contributed by atoms with van der Waals surface area (Å²) < 4.78 is 22.1. The van der Waals surface area contributed by atoms with Crippen molar-refractivity contribution >= 4 is 33.0 Å². The molecule has 0 unspecified atom stereocenters. The Kier molecular flexibility index (Phi) is 3.46. The molecule has 0 radical (unpaired) electrons. The highest BCUT2D eigenvalue weighted by atomic mass is 32.2. The van der Waals surface area contributed by atoms with Crippen molar-refractivity contribution in [2.75, 3.05) is 5.32 Å². The van der Waals surface area contributed by atoms with E-state index >= 15 is 0 Å². The van der Waals surface area contributed by atoms with Gasteiger partial charge in [-0.1, -0.05) is 18.2 Å². The van der Waals surface area contributed by atoms with Gasteiger partial charge in [0.25, 0.3) is 5.91 Å². The van der Waals surface area contributed by atoms with E-state index in [1.807, 2.05) is 6.07 Å². The summed E-state index contributed by atoms with van der Waals surface area (Å²) in [4.78, 5) is 11.8. The second kappa shape index (κ2) is 4.89. The quantitative estimate of drug-likeness (QED) is 0.897. The molecule has 0 aliphatic heterocycles. The minimum atomic E-state index is -3.75. The van der Waals surface area contributed by atoms with E-state index in [2.05, 4.69) is 5.32 Å². The first-order valence-corrected chi connectivity index (χ1v) is 7.37. The Balaban J connectivity index is 2.18. The number of thiophene rings is 1. The number of hydrogen-bond donors (Lipinski definition) is 2. The van der Waals surface area contributed by atoms with E-state index in [9.17, 15) is 13.2 Å². The molecule has 2 rings (SSSR count). The lowest BCUT2D eigenvalue weighted by atomic mass is 10.3. The highest BCUT2D eigenvalue weighted by molar-refractivity contribution is 7.91. The number of carbonyl (C=O) groups excluding carboxylic acids is 1. The van der Waals surface area contributed by atoms with Gasteiger partial charge in [-0.05, 0) is 18.2 Å². The van der Waals surface area contributed by atoms with Gasteiger partial charge in [-0.25, -0.2) is 13.6 Å². The topological polar surface area (TPSA) is 89.3 Å². The van der Waals surface area contributed by atoms with Crippen molar-refractivity contribution in [3.8, 4) is 0 Å². The van der Waals surface area contributed by atoms with E-state index in [1.165, 1.54) is 11.4 Å². The number of hydrogen-bond acceptors (Lipinski definition) is 4. The molecule has 0 fully saturated rings. The van der Waals surface area contributed by atoms with Crippen LogP contribution in [-0.4, -0.2) is 14.3 Å². The zero-order valence-electron chi connectivity index (χ0n) is 9.16. The third kappa shape index (κ3) is 2.95. The van der Waals surface area contributed by atoms with Gasteiger partial charge in [0.2, 0.25) is 10.0 Å². The highest BCUT2D eigenvalue weighted by Crippen LogP contribution is 2.19. The van der Waals surface area contributed by atoms with Gasteiger partial charge in [-0.2, -0.15) is 0 Å². The van der Waals surface area contributed by atoms with Gasteiger partial charge in [0.15, 0.2) is 0 Å². The van der Waals surface area contributed by atoms with E-state index in [0.717, 1.165) is 11.3 Å². The molecule has 5 nitrogen and oxygen atoms in total. The Hall–Kier alpha value is -1.70. The zero-order chi connectivity index (χ0) is 13.2. The Morgan fingerprint density at radius 1 is 1.22 bits per heavy atom. The fourth-order valence-electron chi connectivity index (χ4n) is 1.31.